The third-order valence-electron chi connectivity index (χ3n) is 2.74. The van der Waals surface area contributed by atoms with Crippen LogP contribution in [0.3, 0.4) is 0 Å². The number of anilines is 2. The van der Waals surface area contributed by atoms with Gasteiger partial charge in [-0.2, -0.15) is 4.37 Å². The molecule has 0 bridgehead atoms. The normalized spacial score (nSPS) is 11.0. The third kappa shape index (κ3) is 4.07. The second-order valence-corrected chi connectivity index (χ2v) is 6.02. The Morgan fingerprint density at radius 2 is 1.90 bits per heavy atom. The minimum absolute atomic E-state index is 0.106. The van der Waals surface area contributed by atoms with Gasteiger partial charge in [-0.15, -0.1) is 0 Å². The van der Waals surface area contributed by atoms with Crippen molar-refractivity contribution < 1.29 is 9.47 Å². The van der Waals surface area contributed by atoms with Crippen molar-refractivity contribution in [2.75, 3.05) is 12.4 Å². The minimum Gasteiger partial charge on any atom is -0.493 e. The van der Waals surface area contributed by atoms with E-state index in [-0.39, 0.29) is 6.10 Å². The van der Waals surface area contributed by atoms with E-state index in [1.807, 2.05) is 32.0 Å². The fraction of sp³-hybridized carbons (Fsp3) is 0.467. The van der Waals surface area contributed by atoms with Crippen molar-refractivity contribution in [1.29, 1.82) is 0 Å². The van der Waals surface area contributed by atoms with Gasteiger partial charge in [-0.1, -0.05) is 13.8 Å². The summed E-state index contributed by atoms with van der Waals surface area (Å²) in [5.74, 6) is 2.61. The van der Waals surface area contributed by atoms with Crippen LogP contribution >= 0.6 is 11.5 Å². The van der Waals surface area contributed by atoms with Gasteiger partial charge in [-0.25, -0.2) is 4.98 Å². The Morgan fingerprint density at radius 3 is 2.48 bits per heavy atom. The van der Waals surface area contributed by atoms with Gasteiger partial charge in [0, 0.05) is 29.2 Å². The van der Waals surface area contributed by atoms with E-state index < -0.39 is 0 Å². The molecule has 0 spiro atoms. The lowest BCUT2D eigenvalue weighted by molar-refractivity contribution is 0.230. The number of hydrogen-bond acceptors (Lipinski definition) is 6. The molecule has 2 rings (SSSR count). The van der Waals surface area contributed by atoms with Gasteiger partial charge in [0.15, 0.2) is 11.5 Å². The smallest absolute Gasteiger partial charge is 0.207 e. The van der Waals surface area contributed by atoms with Crippen LogP contribution in [0.1, 0.15) is 39.4 Å². The van der Waals surface area contributed by atoms with Crippen molar-refractivity contribution in [3.63, 3.8) is 0 Å². The lowest BCUT2D eigenvalue weighted by Gasteiger charge is -2.14. The molecular weight excluding hydrogens is 286 g/mol. The molecule has 0 saturated heterocycles. The van der Waals surface area contributed by atoms with Crippen LogP contribution in [0, 0.1) is 0 Å². The summed E-state index contributed by atoms with van der Waals surface area (Å²) in [6, 6.07) is 5.73. The summed E-state index contributed by atoms with van der Waals surface area (Å²) in [5, 5.41) is 4.02. The van der Waals surface area contributed by atoms with Crippen molar-refractivity contribution in [2.45, 2.75) is 39.7 Å². The monoisotopic (exact) mass is 307 g/mol. The second kappa shape index (κ2) is 6.76. The van der Waals surface area contributed by atoms with Crippen LogP contribution in [-0.2, 0) is 0 Å². The summed E-state index contributed by atoms with van der Waals surface area (Å²) in [4.78, 5) is 4.46. The summed E-state index contributed by atoms with van der Waals surface area (Å²) in [6.07, 6.45) is 0.106. The number of aromatic nitrogens is 2. The molecular formula is C15H21N3O2S. The first-order chi connectivity index (χ1) is 9.99. The number of nitrogens with zero attached hydrogens (tertiary/aromatic N) is 2. The molecule has 6 heteroatoms. The highest BCUT2D eigenvalue weighted by molar-refractivity contribution is 7.09. The van der Waals surface area contributed by atoms with Crippen LogP contribution in [0.4, 0.5) is 10.8 Å². The van der Waals surface area contributed by atoms with Gasteiger partial charge < -0.3 is 14.8 Å². The van der Waals surface area contributed by atoms with E-state index in [0.29, 0.717) is 11.7 Å². The Labute approximate surface area is 129 Å². The van der Waals surface area contributed by atoms with E-state index in [1.165, 1.54) is 11.5 Å². The number of benzene rings is 1. The largest absolute Gasteiger partial charge is 0.493 e. The zero-order valence-electron chi connectivity index (χ0n) is 13.0. The maximum absolute atomic E-state index is 5.70. The molecule has 0 aliphatic carbocycles. The molecule has 2 aromatic rings. The molecule has 5 nitrogen and oxygen atoms in total. The average Bonchev–Trinajstić information content (AvgIpc) is 2.88. The van der Waals surface area contributed by atoms with E-state index in [4.69, 9.17) is 9.47 Å². The number of methoxy groups -OCH3 is 1. The fourth-order valence-corrected chi connectivity index (χ4v) is 2.47. The Hall–Kier alpha value is -1.82. The van der Waals surface area contributed by atoms with Crippen molar-refractivity contribution in [3.05, 3.63) is 24.0 Å². The topological polar surface area (TPSA) is 56.3 Å². The lowest BCUT2D eigenvalue weighted by Crippen LogP contribution is -2.06. The highest BCUT2D eigenvalue weighted by Gasteiger charge is 2.10. The van der Waals surface area contributed by atoms with E-state index in [0.717, 1.165) is 22.4 Å². The average molecular weight is 307 g/mol. The number of nitrogens with one attached hydrogen (secondary N) is 1. The predicted octanol–water partition coefficient (Wildman–Crippen LogP) is 4.20. The number of ether oxygens (including phenoxy) is 2. The van der Waals surface area contributed by atoms with Crippen LogP contribution in [0.5, 0.6) is 11.5 Å². The summed E-state index contributed by atoms with van der Waals surface area (Å²) in [7, 11) is 1.63. The molecule has 0 radical (unpaired) electrons. The van der Waals surface area contributed by atoms with Gasteiger partial charge in [-0.3, -0.25) is 0 Å². The lowest BCUT2D eigenvalue weighted by atomic mass is 10.2. The minimum atomic E-state index is 0.106. The summed E-state index contributed by atoms with van der Waals surface area (Å²) in [6.45, 7) is 8.13. The Bertz CT molecular complexity index is 596. The zero-order valence-corrected chi connectivity index (χ0v) is 13.8. The van der Waals surface area contributed by atoms with Crippen LogP contribution in [-0.4, -0.2) is 22.6 Å². The molecule has 0 amide bonds. The molecule has 1 aromatic heterocycles. The highest BCUT2D eigenvalue weighted by atomic mass is 32.1. The second-order valence-electron chi connectivity index (χ2n) is 5.27. The van der Waals surface area contributed by atoms with Crippen molar-refractivity contribution in [1.82, 2.24) is 9.36 Å². The van der Waals surface area contributed by atoms with Crippen LogP contribution in [0.15, 0.2) is 18.2 Å². The number of rotatable bonds is 6. The zero-order chi connectivity index (χ0) is 15.4. The molecule has 0 saturated carbocycles. The van der Waals surface area contributed by atoms with Gasteiger partial charge in [0.1, 0.15) is 5.82 Å². The third-order valence-corrected chi connectivity index (χ3v) is 3.38. The maximum Gasteiger partial charge on any atom is 0.207 e. The molecule has 0 unspecified atom stereocenters. The van der Waals surface area contributed by atoms with E-state index in [2.05, 4.69) is 28.5 Å². The first-order valence-electron chi connectivity index (χ1n) is 6.95. The molecule has 0 aliphatic heterocycles. The Morgan fingerprint density at radius 1 is 1.14 bits per heavy atom. The molecule has 0 fully saturated rings. The summed E-state index contributed by atoms with van der Waals surface area (Å²) < 4.78 is 15.4. The van der Waals surface area contributed by atoms with Crippen molar-refractivity contribution in [3.8, 4) is 11.5 Å². The van der Waals surface area contributed by atoms with Crippen LogP contribution in [0.25, 0.3) is 0 Å². The van der Waals surface area contributed by atoms with Gasteiger partial charge in [-0.05, 0) is 26.0 Å². The van der Waals surface area contributed by atoms with E-state index >= 15 is 0 Å². The maximum atomic E-state index is 5.70. The Kier molecular flexibility index (Phi) is 5.01. The SMILES string of the molecule is COc1cc(Nc2nc(C(C)C)ns2)ccc1OC(C)C. The molecule has 114 valence electrons. The quantitative estimate of drug-likeness (QED) is 0.866. The molecule has 1 heterocycles. The first-order valence-corrected chi connectivity index (χ1v) is 7.72. The van der Waals surface area contributed by atoms with Gasteiger partial charge >= 0.3 is 0 Å². The van der Waals surface area contributed by atoms with Gasteiger partial charge in [0.25, 0.3) is 0 Å². The van der Waals surface area contributed by atoms with Crippen molar-refractivity contribution >= 4 is 22.4 Å². The highest BCUT2D eigenvalue weighted by Crippen LogP contribution is 2.32. The molecule has 1 N–H and O–H groups in total. The van der Waals surface area contributed by atoms with E-state index in [9.17, 15) is 0 Å². The van der Waals surface area contributed by atoms with Crippen LogP contribution in [0.2, 0.25) is 0 Å². The summed E-state index contributed by atoms with van der Waals surface area (Å²) in [5.41, 5.74) is 0.898. The molecule has 1 aromatic carbocycles. The standard InChI is InChI=1S/C15H21N3O2S/c1-9(2)14-17-15(21-18-14)16-11-6-7-12(20-10(3)4)13(8-11)19-5/h6-10H,1-5H3,(H,16,17,18). The van der Waals surface area contributed by atoms with E-state index in [1.54, 1.807) is 7.11 Å². The molecule has 0 atom stereocenters. The molecule has 0 aliphatic rings. The summed E-state index contributed by atoms with van der Waals surface area (Å²) >= 11 is 1.36. The van der Waals surface area contributed by atoms with Crippen molar-refractivity contribution in [2.24, 2.45) is 0 Å². The number of hydrogen-bond donors (Lipinski definition) is 1. The molecule has 21 heavy (non-hydrogen) atoms. The van der Waals surface area contributed by atoms with Gasteiger partial charge in [0.2, 0.25) is 5.13 Å². The first kappa shape index (κ1) is 15.6. The fourth-order valence-electron chi connectivity index (χ4n) is 1.74. The van der Waals surface area contributed by atoms with Gasteiger partial charge in [0.05, 0.1) is 13.2 Å². The predicted molar refractivity (Wildman–Crippen MR) is 86.0 cm³/mol. The Balaban J connectivity index is 2.16. The van der Waals surface area contributed by atoms with Crippen LogP contribution < -0.4 is 14.8 Å².